The van der Waals surface area contributed by atoms with Gasteiger partial charge in [-0.15, -0.1) is 0 Å². The van der Waals surface area contributed by atoms with E-state index in [2.05, 4.69) is 20.0 Å². The Balaban J connectivity index is 1.38. The zero-order valence-corrected chi connectivity index (χ0v) is 15.0. The fourth-order valence-electron chi connectivity index (χ4n) is 3.62. The van der Waals surface area contributed by atoms with Crippen LogP contribution in [0.3, 0.4) is 0 Å². The molecule has 2 aromatic heterocycles. The molecule has 0 radical (unpaired) electrons. The van der Waals surface area contributed by atoms with Crippen LogP contribution in [0.5, 0.6) is 5.88 Å². The van der Waals surface area contributed by atoms with Gasteiger partial charge in [0.1, 0.15) is 23.9 Å². The molecule has 4 rings (SSSR count). The summed E-state index contributed by atoms with van der Waals surface area (Å²) < 4.78 is 7.64. The third-order valence-corrected chi connectivity index (χ3v) is 5.07. The fourth-order valence-corrected chi connectivity index (χ4v) is 3.62. The van der Waals surface area contributed by atoms with Gasteiger partial charge in [0.25, 0.3) is 5.91 Å². The van der Waals surface area contributed by atoms with Gasteiger partial charge in [-0.25, -0.2) is 9.97 Å². The van der Waals surface area contributed by atoms with Crippen LogP contribution in [0, 0.1) is 0 Å². The maximum atomic E-state index is 12.6. The van der Waals surface area contributed by atoms with E-state index in [1.807, 2.05) is 11.0 Å². The zero-order valence-electron chi connectivity index (χ0n) is 15.0. The molecule has 0 bridgehead atoms. The lowest BCUT2D eigenvalue weighted by Crippen LogP contribution is -2.32. The lowest BCUT2D eigenvalue weighted by atomic mass is 10.1. The Kier molecular flexibility index (Phi) is 4.73. The monoisotopic (exact) mass is 356 g/mol. The highest BCUT2D eigenvalue weighted by Gasteiger charge is 2.30. The van der Waals surface area contributed by atoms with Crippen LogP contribution in [-0.2, 0) is 7.05 Å². The number of piperidine rings is 1. The molecule has 0 aliphatic carbocycles. The second-order valence-corrected chi connectivity index (χ2v) is 6.88. The first kappa shape index (κ1) is 16.8. The largest absolute Gasteiger partial charge is 0.472 e. The molecule has 2 aliphatic heterocycles. The molecule has 1 amide bonds. The maximum absolute atomic E-state index is 12.6. The number of aryl methyl sites for hydroxylation is 1. The number of amides is 1. The predicted octanol–water partition coefficient (Wildman–Crippen LogP) is 1.49. The summed E-state index contributed by atoms with van der Waals surface area (Å²) in [5.41, 5.74) is 0.597. The minimum atomic E-state index is -0.0451. The number of likely N-dealkylation sites (tertiary alicyclic amines) is 1. The highest BCUT2D eigenvalue weighted by molar-refractivity contribution is 5.92. The van der Waals surface area contributed by atoms with Crippen LogP contribution in [0.25, 0.3) is 0 Å². The van der Waals surface area contributed by atoms with Crippen molar-refractivity contribution in [1.82, 2.24) is 24.6 Å². The van der Waals surface area contributed by atoms with Crippen molar-refractivity contribution in [3.8, 4) is 5.88 Å². The van der Waals surface area contributed by atoms with Crippen molar-refractivity contribution in [2.75, 3.05) is 31.1 Å². The van der Waals surface area contributed by atoms with Gasteiger partial charge in [0.05, 0.1) is 6.54 Å². The molecule has 8 nitrogen and oxygen atoms in total. The SMILES string of the molecule is Cn1nccc1C(=O)N1CCC(Oc2cc(N3CCCCC3)ncn2)C1. The van der Waals surface area contributed by atoms with Crippen molar-refractivity contribution in [1.29, 1.82) is 0 Å². The van der Waals surface area contributed by atoms with Crippen LogP contribution in [0.2, 0.25) is 0 Å². The van der Waals surface area contributed by atoms with Gasteiger partial charge in [-0.05, 0) is 25.3 Å². The van der Waals surface area contributed by atoms with E-state index in [0.717, 1.165) is 25.3 Å². The fraction of sp³-hybridized carbons (Fsp3) is 0.556. The minimum Gasteiger partial charge on any atom is -0.472 e. The van der Waals surface area contributed by atoms with Crippen LogP contribution in [0.4, 0.5) is 5.82 Å². The van der Waals surface area contributed by atoms with Crippen molar-refractivity contribution in [3.05, 3.63) is 30.4 Å². The first-order chi connectivity index (χ1) is 12.7. The van der Waals surface area contributed by atoms with Gasteiger partial charge < -0.3 is 14.5 Å². The van der Waals surface area contributed by atoms with E-state index < -0.39 is 0 Å². The number of carbonyl (C=O) groups excluding carboxylic acids is 1. The van der Waals surface area contributed by atoms with E-state index in [1.54, 1.807) is 30.3 Å². The third kappa shape index (κ3) is 3.49. The van der Waals surface area contributed by atoms with Crippen molar-refractivity contribution in [2.24, 2.45) is 7.05 Å². The zero-order chi connectivity index (χ0) is 17.9. The topological polar surface area (TPSA) is 76.4 Å². The van der Waals surface area contributed by atoms with Crippen molar-refractivity contribution < 1.29 is 9.53 Å². The molecule has 2 aliphatic rings. The molecule has 2 fully saturated rings. The van der Waals surface area contributed by atoms with E-state index in [4.69, 9.17) is 4.74 Å². The highest BCUT2D eigenvalue weighted by atomic mass is 16.5. The quantitative estimate of drug-likeness (QED) is 0.826. The van der Waals surface area contributed by atoms with Crippen molar-refractivity contribution in [2.45, 2.75) is 31.8 Å². The second kappa shape index (κ2) is 7.31. The lowest BCUT2D eigenvalue weighted by Gasteiger charge is -2.27. The van der Waals surface area contributed by atoms with Gasteiger partial charge >= 0.3 is 0 Å². The summed E-state index contributed by atoms with van der Waals surface area (Å²) in [7, 11) is 1.78. The number of aromatic nitrogens is 4. The molecule has 4 heterocycles. The Morgan fingerprint density at radius 2 is 2.04 bits per heavy atom. The maximum Gasteiger partial charge on any atom is 0.272 e. The number of nitrogens with zero attached hydrogens (tertiary/aromatic N) is 6. The molecule has 0 aromatic carbocycles. The molecule has 26 heavy (non-hydrogen) atoms. The number of rotatable bonds is 4. The van der Waals surface area contributed by atoms with Gasteiger partial charge in [0.2, 0.25) is 5.88 Å². The summed E-state index contributed by atoms with van der Waals surface area (Å²) in [5.74, 6) is 1.50. The Bertz CT molecular complexity index is 771. The van der Waals surface area contributed by atoms with E-state index >= 15 is 0 Å². The van der Waals surface area contributed by atoms with E-state index in [0.29, 0.717) is 24.7 Å². The Labute approximate surface area is 152 Å². The van der Waals surface area contributed by atoms with Crippen molar-refractivity contribution >= 4 is 11.7 Å². The molecule has 1 atom stereocenters. The third-order valence-electron chi connectivity index (χ3n) is 5.07. The molecule has 0 saturated carbocycles. The average molecular weight is 356 g/mol. The predicted molar refractivity (Wildman–Crippen MR) is 96.2 cm³/mol. The molecule has 1 unspecified atom stereocenters. The van der Waals surface area contributed by atoms with Crippen LogP contribution >= 0.6 is 0 Å². The number of anilines is 1. The first-order valence-electron chi connectivity index (χ1n) is 9.21. The van der Waals surface area contributed by atoms with Gasteiger partial charge in [-0.3, -0.25) is 9.48 Å². The van der Waals surface area contributed by atoms with Gasteiger partial charge in [-0.1, -0.05) is 0 Å². The van der Waals surface area contributed by atoms with E-state index in [1.165, 1.54) is 19.3 Å². The van der Waals surface area contributed by atoms with Crippen LogP contribution in [0.15, 0.2) is 24.7 Å². The van der Waals surface area contributed by atoms with Gasteiger partial charge in [-0.2, -0.15) is 5.10 Å². The Morgan fingerprint density at radius 3 is 2.81 bits per heavy atom. The van der Waals surface area contributed by atoms with Crippen LogP contribution < -0.4 is 9.64 Å². The summed E-state index contributed by atoms with van der Waals surface area (Å²) in [6.07, 6.45) is 7.64. The lowest BCUT2D eigenvalue weighted by molar-refractivity contribution is 0.0760. The molecule has 0 N–H and O–H groups in total. The molecular formula is C18H24N6O2. The number of ether oxygens (including phenoxy) is 1. The van der Waals surface area contributed by atoms with Crippen LogP contribution in [0.1, 0.15) is 36.2 Å². The standard InChI is InChI=1S/C18H24N6O2/c1-22-15(5-7-21-22)18(25)24-10-6-14(12-24)26-17-11-16(19-13-20-17)23-8-3-2-4-9-23/h5,7,11,13-14H,2-4,6,8-10,12H2,1H3. The van der Waals surface area contributed by atoms with E-state index in [-0.39, 0.29) is 12.0 Å². The van der Waals surface area contributed by atoms with E-state index in [9.17, 15) is 4.79 Å². The summed E-state index contributed by atoms with van der Waals surface area (Å²) >= 11 is 0. The summed E-state index contributed by atoms with van der Waals surface area (Å²) in [5, 5.41) is 4.07. The second-order valence-electron chi connectivity index (χ2n) is 6.88. The number of carbonyl (C=O) groups is 1. The number of hydrogen-bond donors (Lipinski definition) is 0. The minimum absolute atomic E-state index is 0.00667. The van der Waals surface area contributed by atoms with Gasteiger partial charge in [0.15, 0.2) is 0 Å². The molecule has 0 spiro atoms. The summed E-state index contributed by atoms with van der Waals surface area (Å²) in [6, 6.07) is 3.66. The number of hydrogen-bond acceptors (Lipinski definition) is 6. The van der Waals surface area contributed by atoms with Gasteiger partial charge in [0, 0.05) is 45.4 Å². The average Bonchev–Trinajstić information content (AvgIpc) is 3.31. The first-order valence-corrected chi connectivity index (χ1v) is 9.21. The van der Waals surface area contributed by atoms with Crippen LogP contribution in [-0.4, -0.2) is 62.8 Å². The molecule has 2 aromatic rings. The highest BCUT2D eigenvalue weighted by Crippen LogP contribution is 2.23. The molecule has 138 valence electrons. The molecular weight excluding hydrogens is 332 g/mol. The molecule has 2 saturated heterocycles. The van der Waals surface area contributed by atoms with Crippen molar-refractivity contribution in [3.63, 3.8) is 0 Å². The summed E-state index contributed by atoms with van der Waals surface area (Å²) in [6.45, 7) is 3.31. The Hall–Kier alpha value is -2.64. The smallest absolute Gasteiger partial charge is 0.272 e. The normalized spacial score (nSPS) is 20.4. The summed E-state index contributed by atoms with van der Waals surface area (Å²) in [4.78, 5) is 25.3. The molecule has 8 heteroatoms. The Morgan fingerprint density at radius 1 is 1.19 bits per heavy atom.